The molecule has 0 saturated carbocycles. The minimum atomic E-state index is 0.390. The molecule has 1 rings (SSSR count). The maximum atomic E-state index is 6.16. The Balaban J connectivity index is 2.68. The van der Waals surface area contributed by atoms with E-state index in [1.165, 1.54) is 0 Å². The van der Waals surface area contributed by atoms with Crippen LogP contribution >= 0.6 is 36.0 Å². The maximum absolute atomic E-state index is 6.16. The van der Waals surface area contributed by atoms with E-state index in [1.54, 1.807) is 7.05 Å². The molecule has 0 heterocycles. The monoisotopic (exact) mass is 302 g/mol. The third-order valence-electron chi connectivity index (χ3n) is 2.19. The first-order chi connectivity index (χ1) is 8.43. The molecule has 98 valence electrons. The SMILES string of the molecule is CNC(=S)NNC(=S)Nc1c(C)cc(C)cc1Cl. The van der Waals surface area contributed by atoms with Crippen LogP contribution in [0.4, 0.5) is 5.69 Å². The lowest BCUT2D eigenvalue weighted by Crippen LogP contribution is -2.47. The molecule has 0 spiro atoms. The summed E-state index contributed by atoms with van der Waals surface area (Å²) in [5, 5.41) is 7.25. The molecule has 0 fully saturated rings. The predicted molar refractivity (Wildman–Crippen MR) is 85.1 cm³/mol. The van der Waals surface area contributed by atoms with Crippen molar-refractivity contribution in [1.82, 2.24) is 16.2 Å². The summed E-state index contributed by atoms with van der Waals surface area (Å²) in [6.07, 6.45) is 0. The number of anilines is 1. The van der Waals surface area contributed by atoms with Crippen molar-refractivity contribution in [2.45, 2.75) is 13.8 Å². The van der Waals surface area contributed by atoms with Gasteiger partial charge in [-0.05, 0) is 55.5 Å². The molecule has 4 N–H and O–H groups in total. The molecule has 1 aromatic carbocycles. The second-order valence-electron chi connectivity index (χ2n) is 3.72. The zero-order valence-corrected chi connectivity index (χ0v) is 12.7. The minimum absolute atomic E-state index is 0.390. The number of hydrazine groups is 1. The van der Waals surface area contributed by atoms with Crippen LogP contribution in [-0.2, 0) is 0 Å². The van der Waals surface area contributed by atoms with Gasteiger partial charge >= 0.3 is 0 Å². The molecule has 4 nitrogen and oxygen atoms in total. The van der Waals surface area contributed by atoms with E-state index in [2.05, 4.69) is 21.5 Å². The summed E-state index contributed by atoms with van der Waals surface area (Å²) in [6.45, 7) is 3.96. The molecule has 0 bridgehead atoms. The van der Waals surface area contributed by atoms with E-state index in [-0.39, 0.29) is 0 Å². The molecule has 7 heteroatoms. The van der Waals surface area contributed by atoms with Crippen LogP contribution in [0.2, 0.25) is 5.02 Å². The van der Waals surface area contributed by atoms with Gasteiger partial charge in [0.05, 0.1) is 10.7 Å². The van der Waals surface area contributed by atoms with Gasteiger partial charge in [0.25, 0.3) is 0 Å². The van der Waals surface area contributed by atoms with Gasteiger partial charge in [-0.1, -0.05) is 17.7 Å². The quantitative estimate of drug-likeness (QED) is 0.472. The molecule has 0 aliphatic rings. The molecular formula is C11H15ClN4S2. The van der Waals surface area contributed by atoms with Gasteiger partial charge in [0.2, 0.25) is 0 Å². The molecule has 0 amide bonds. The van der Waals surface area contributed by atoms with Crippen LogP contribution in [0.25, 0.3) is 0 Å². The Labute approximate surface area is 122 Å². The Hall–Kier alpha value is -1.11. The summed E-state index contributed by atoms with van der Waals surface area (Å²) < 4.78 is 0. The number of aryl methyl sites for hydroxylation is 2. The summed E-state index contributed by atoms with van der Waals surface area (Å²) >= 11 is 16.2. The zero-order chi connectivity index (χ0) is 13.7. The Kier molecular flexibility index (Phi) is 5.58. The van der Waals surface area contributed by atoms with Crippen LogP contribution in [0.15, 0.2) is 12.1 Å². The van der Waals surface area contributed by atoms with Gasteiger partial charge in [0.1, 0.15) is 0 Å². The summed E-state index contributed by atoms with van der Waals surface area (Å²) in [5.74, 6) is 0. The van der Waals surface area contributed by atoms with E-state index in [1.807, 2.05) is 26.0 Å². The average molecular weight is 303 g/mol. The number of thiocarbonyl (C=S) groups is 2. The summed E-state index contributed by atoms with van der Waals surface area (Å²) in [4.78, 5) is 0. The number of hydrogen-bond donors (Lipinski definition) is 4. The fraction of sp³-hybridized carbons (Fsp3) is 0.273. The largest absolute Gasteiger partial charge is 0.364 e. The van der Waals surface area contributed by atoms with Crippen molar-refractivity contribution < 1.29 is 0 Å². The third kappa shape index (κ3) is 4.29. The summed E-state index contributed by atoms with van der Waals surface area (Å²) in [6, 6.07) is 3.91. The van der Waals surface area contributed by atoms with Crippen molar-refractivity contribution in [1.29, 1.82) is 0 Å². The van der Waals surface area contributed by atoms with Crippen molar-refractivity contribution in [2.24, 2.45) is 0 Å². The second kappa shape index (κ2) is 6.72. The first-order valence-electron chi connectivity index (χ1n) is 5.25. The third-order valence-corrected chi connectivity index (χ3v) is 3.00. The Morgan fingerprint density at radius 2 is 1.72 bits per heavy atom. The maximum Gasteiger partial charge on any atom is 0.189 e. The average Bonchev–Trinajstić information content (AvgIpc) is 2.30. The van der Waals surface area contributed by atoms with Crippen molar-refractivity contribution >= 4 is 51.9 Å². The van der Waals surface area contributed by atoms with Crippen molar-refractivity contribution in [3.63, 3.8) is 0 Å². The van der Waals surface area contributed by atoms with Gasteiger partial charge in [0.15, 0.2) is 10.2 Å². The number of hydrogen-bond acceptors (Lipinski definition) is 2. The highest BCUT2D eigenvalue weighted by Crippen LogP contribution is 2.27. The van der Waals surface area contributed by atoms with Gasteiger partial charge in [0, 0.05) is 7.05 Å². The molecular weight excluding hydrogens is 288 g/mol. The van der Waals surface area contributed by atoms with Crippen LogP contribution in [0, 0.1) is 13.8 Å². The van der Waals surface area contributed by atoms with Crippen LogP contribution in [-0.4, -0.2) is 17.3 Å². The lowest BCUT2D eigenvalue weighted by molar-refractivity contribution is 0.853. The number of benzene rings is 1. The normalized spacial score (nSPS) is 9.56. The second-order valence-corrected chi connectivity index (χ2v) is 4.95. The van der Waals surface area contributed by atoms with Crippen LogP contribution in [0.5, 0.6) is 0 Å². The van der Waals surface area contributed by atoms with Crippen LogP contribution in [0.1, 0.15) is 11.1 Å². The molecule has 0 unspecified atom stereocenters. The van der Waals surface area contributed by atoms with Gasteiger partial charge in [-0.25, -0.2) is 0 Å². The topological polar surface area (TPSA) is 48.1 Å². The molecule has 0 aliphatic heterocycles. The smallest absolute Gasteiger partial charge is 0.189 e. The van der Waals surface area contributed by atoms with E-state index in [4.69, 9.17) is 36.0 Å². The fourth-order valence-electron chi connectivity index (χ4n) is 1.39. The molecule has 1 aromatic rings. The lowest BCUT2D eigenvalue weighted by atomic mass is 10.1. The molecule has 0 aromatic heterocycles. The standard InChI is InChI=1S/C11H15ClN4S2/c1-6-4-7(2)9(8(12)5-6)14-11(18)16-15-10(17)13-3/h4-5H,1-3H3,(H2,13,15,17)(H2,14,16,18). The Morgan fingerprint density at radius 1 is 1.11 bits per heavy atom. The van der Waals surface area contributed by atoms with Gasteiger partial charge in [-0.3, -0.25) is 10.9 Å². The molecule has 18 heavy (non-hydrogen) atoms. The van der Waals surface area contributed by atoms with Gasteiger partial charge in [-0.2, -0.15) is 0 Å². The van der Waals surface area contributed by atoms with Crippen molar-refractivity contribution in [2.75, 3.05) is 12.4 Å². The molecule has 0 aliphatic carbocycles. The zero-order valence-electron chi connectivity index (χ0n) is 10.3. The lowest BCUT2D eigenvalue weighted by Gasteiger charge is -2.15. The highest BCUT2D eigenvalue weighted by Gasteiger charge is 2.07. The Morgan fingerprint density at radius 3 is 2.28 bits per heavy atom. The predicted octanol–water partition coefficient (Wildman–Crippen LogP) is 2.25. The van der Waals surface area contributed by atoms with Crippen LogP contribution in [0.3, 0.4) is 0 Å². The minimum Gasteiger partial charge on any atom is -0.364 e. The van der Waals surface area contributed by atoms with Crippen LogP contribution < -0.4 is 21.5 Å². The van der Waals surface area contributed by atoms with Crippen molar-refractivity contribution in [3.8, 4) is 0 Å². The number of halogens is 1. The van der Waals surface area contributed by atoms with E-state index in [9.17, 15) is 0 Å². The summed E-state index contributed by atoms with van der Waals surface area (Å²) in [5.41, 5.74) is 8.41. The van der Waals surface area contributed by atoms with E-state index in [0.29, 0.717) is 15.2 Å². The summed E-state index contributed by atoms with van der Waals surface area (Å²) in [7, 11) is 1.72. The fourth-order valence-corrected chi connectivity index (χ4v) is 1.97. The molecule has 0 radical (unpaired) electrons. The molecule has 0 atom stereocenters. The van der Waals surface area contributed by atoms with E-state index >= 15 is 0 Å². The van der Waals surface area contributed by atoms with Gasteiger partial charge < -0.3 is 10.6 Å². The first-order valence-corrected chi connectivity index (χ1v) is 6.45. The number of rotatable bonds is 1. The van der Waals surface area contributed by atoms with Gasteiger partial charge in [-0.15, -0.1) is 0 Å². The van der Waals surface area contributed by atoms with E-state index in [0.717, 1.165) is 16.8 Å². The van der Waals surface area contributed by atoms with E-state index < -0.39 is 0 Å². The highest BCUT2D eigenvalue weighted by molar-refractivity contribution is 7.80. The van der Waals surface area contributed by atoms with Crippen molar-refractivity contribution in [3.05, 3.63) is 28.3 Å². The molecule has 0 saturated heterocycles. The first kappa shape index (κ1) is 14.9. The number of nitrogens with one attached hydrogen (secondary N) is 4. The Bertz CT molecular complexity index is 453. The highest BCUT2D eigenvalue weighted by atomic mass is 35.5.